The summed E-state index contributed by atoms with van der Waals surface area (Å²) in [6.07, 6.45) is 1.10. The molecular weight excluding hydrogens is 372 g/mol. The number of piperidine rings is 1. The smallest absolute Gasteiger partial charge is 0.356 e. The molecule has 0 atom stereocenters. The maximum absolute atomic E-state index is 12.3. The number of rotatable bonds is 5. The van der Waals surface area contributed by atoms with Crippen LogP contribution in [0.2, 0.25) is 5.02 Å². The van der Waals surface area contributed by atoms with E-state index in [0.717, 1.165) is 10.9 Å². The molecule has 2 aromatic rings. The number of likely N-dealkylation sites (tertiary alicyclic amines) is 1. The predicted molar refractivity (Wildman–Crippen MR) is 99.5 cm³/mol. The third-order valence-electron chi connectivity index (χ3n) is 4.64. The predicted octanol–water partition coefficient (Wildman–Crippen LogP) is 2.78. The van der Waals surface area contributed by atoms with E-state index in [1.54, 1.807) is 24.0 Å². The molecule has 2 heterocycles. The first-order valence-electron chi connectivity index (χ1n) is 8.89. The summed E-state index contributed by atoms with van der Waals surface area (Å²) in [5.74, 6) is -1.37. The molecule has 0 unspecified atom stereocenters. The van der Waals surface area contributed by atoms with Crippen molar-refractivity contribution in [2.24, 2.45) is 5.92 Å². The quantitative estimate of drug-likeness (QED) is 0.790. The van der Waals surface area contributed by atoms with Gasteiger partial charge >= 0.3 is 11.9 Å². The largest absolute Gasteiger partial charge is 0.466 e. The van der Waals surface area contributed by atoms with Crippen LogP contribution in [0.4, 0.5) is 0 Å². The summed E-state index contributed by atoms with van der Waals surface area (Å²) in [7, 11) is 0. The number of para-hydroxylation sites is 1. The fraction of sp³-hybridized carbons (Fsp3) is 0.421. The number of halogens is 1. The molecule has 1 aliphatic rings. The number of hydrogen-bond donors (Lipinski definition) is 1. The molecule has 3 rings (SSSR count). The molecule has 0 bridgehead atoms. The van der Waals surface area contributed by atoms with E-state index in [0.29, 0.717) is 32.5 Å². The maximum atomic E-state index is 12.3. The lowest BCUT2D eigenvalue weighted by Crippen LogP contribution is -2.42. The van der Waals surface area contributed by atoms with Gasteiger partial charge in [0.2, 0.25) is 0 Å². The summed E-state index contributed by atoms with van der Waals surface area (Å²) in [6, 6.07) is 7.25. The Morgan fingerprint density at radius 3 is 2.56 bits per heavy atom. The fourth-order valence-electron chi connectivity index (χ4n) is 3.16. The lowest BCUT2D eigenvalue weighted by Gasteiger charge is -2.30. The number of aromatic amines is 1. The van der Waals surface area contributed by atoms with Crippen molar-refractivity contribution in [1.82, 2.24) is 9.88 Å². The number of ether oxygens (including phenoxy) is 2. The van der Waals surface area contributed by atoms with Crippen LogP contribution in [-0.4, -0.2) is 54.0 Å². The van der Waals surface area contributed by atoms with Crippen molar-refractivity contribution >= 4 is 40.3 Å². The van der Waals surface area contributed by atoms with Gasteiger partial charge in [0.15, 0.2) is 6.61 Å². The molecular formula is C19H21ClN2O5. The van der Waals surface area contributed by atoms with E-state index in [1.165, 1.54) is 0 Å². The highest BCUT2D eigenvalue weighted by atomic mass is 35.5. The molecule has 0 saturated carbocycles. The summed E-state index contributed by atoms with van der Waals surface area (Å²) in [5.41, 5.74) is 0.855. The molecule has 27 heavy (non-hydrogen) atoms. The van der Waals surface area contributed by atoms with Crippen molar-refractivity contribution in [2.75, 3.05) is 26.3 Å². The van der Waals surface area contributed by atoms with E-state index < -0.39 is 5.97 Å². The zero-order valence-electron chi connectivity index (χ0n) is 15.0. The van der Waals surface area contributed by atoms with Gasteiger partial charge in [-0.1, -0.05) is 29.8 Å². The van der Waals surface area contributed by atoms with E-state index in [-0.39, 0.29) is 35.1 Å². The number of hydrogen-bond acceptors (Lipinski definition) is 5. The highest BCUT2D eigenvalue weighted by Gasteiger charge is 2.29. The number of carbonyl (C=O) groups is 3. The molecule has 144 valence electrons. The number of nitrogens with one attached hydrogen (secondary N) is 1. The Morgan fingerprint density at radius 2 is 1.89 bits per heavy atom. The number of aromatic nitrogens is 1. The van der Waals surface area contributed by atoms with Gasteiger partial charge in [0.05, 0.1) is 17.5 Å². The Balaban J connectivity index is 1.52. The van der Waals surface area contributed by atoms with E-state index in [2.05, 4.69) is 4.98 Å². The molecule has 8 heteroatoms. The zero-order valence-corrected chi connectivity index (χ0v) is 15.8. The maximum Gasteiger partial charge on any atom is 0.356 e. The number of benzene rings is 1. The highest BCUT2D eigenvalue weighted by Crippen LogP contribution is 2.27. The fourth-order valence-corrected chi connectivity index (χ4v) is 3.45. The first kappa shape index (κ1) is 19.2. The molecule has 0 radical (unpaired) electrons. The molecule has 1 aromatic carbocycles. The summed E-state index contributed by atoms with van der Waals surface area (Å²) in [4.78, 5) is 40.8. The van der Waals surface area contributed by atoms with Crippen LogP contribution in [0.1, 0.15) is 30.3 Å². The van der Waals surface area contributed by atoms with Gasteiger partial charge in [-0.25, -0.2) is 4.79 Å². The van der Waals surface area contributed by atoms with Gasteiger partial charge in [0, 0.05) is 24.0 Å². The number of nitrogens with zero attached hydrogens (tertiary/aromatic N) is 1. The number of fused-ring (bicyclic) bond motifs is 1. The summed E-state index contributed by atoms with van der Waals surface area (Å²) >= 11 is 6.22. The number of esters is 2. The van der Waals surface area contributed by atoms with Crippen molar-refractivity contribution in [2.45, 2.75) is 19.8 Å². The SMILES string of the molecule is CCOC(=O)C1CCN(C(=O)COC(=O)c2[nH]c3ccccc3c2Cl)CC1. The molecule has 1 N–H and O–H groups in total. The minimum absolute atomic E-state index is 0.131. The van der Waals surface area contributed by atoms with Crippen molar-refractivity contribution < 1.29 is 23.9 Å². The topological polar surface area (TPSA) is 88.7 Å². The number of amides is 1. The first-order valence-corrected chi connectivity index (χ1v) is 9.26. The second-order valence-electron chi connectivity index (χ2n) is 6.34. The first-order chi connectivity index (χ1) is 13.0. The standard InChI is InChI=1S/C19H21ClN2O5/c1-2-26-18(24)12-7-9-22(10-8-12)15(23)11-27-19(25)17-16(20)13-5-3-4-6-14(13)21-17/h3-6,12,21H,2,7-11H2,1H3. The van der Waals surface area contributed by atoms with Crippen LogP contribution >= 0.6 is 11.6 Å². The van der Waals surface area contributed by atoms with Crippen LogP contribution in [0.25, 0.3) is 10.9 Å². The summed E-state index contributed by atoms with van der Waals surface area (Å²) < 4.78 is 10.1. The van der Waals surface area contributed by atoms with Crippen molar-refractivity contribution in [3.63, 3.8) is 0 Å². The monoisotopic (exact) mass is 392 g/mol. The van der Waals surface area contributed by atoms with Gasteiger partial charge in [0.25, 0.3) is 5.91 Å². The lowest BCUT2D eigenvalue weighted by atomic mass is 9.97. The van der Waals surface area contributed by atoms with E-state index in [4.69, 9.17) is 21.1 Å². The Hall–Kier alpha value is -2.54. The van der Waals surface area contributed by atoms with E-state index in [1.807, 2.05) is 12.1 Å². The minimum atomic E-state index is -0.675. The minimum Gasteiger partial charge on any atom is -0.466 e. The Labute approximate surface area is 161 Å². The normalized spacial score (nSPS) is 15.0. The van der Waals surface area contributed by atoms with Crippen LogP contribution in [0.15, 0.2) is 24.3 Å². The van der Waals surface area contributed by atoms with Gasteiger partial charge in [-0.2, -0.15) is 0 Å². The van der Waals surface area contributed by atoms with Crippen LogP contribution in [-0.2, 0) is 19.1 Å². The van der Waals surface area contributed by atoms with Crippen LogP contribution in [0.3, 0.4) is 0 Å². The molecule has 7 nitrogen and oxygen atoms in total. The number of carbonyl (C=O) groups excluding carboxylic acids is 3. The lowest BCUT2D eigenvalue weighted by molar-refractivity contribution is -0.151. The average molecular weight is 393 g/mol. The summed E-state index contributed by atoms with van der Waals surface area (Å²) in [6.45, 7) is 2.63. The molecule has 0 spiro atoms. The van der Waals surface area contributed by atoms with E-state index >= 15 is 0 Å². The zero-order chi connectivity index (χ0) is 19.4. The van der Waals surface area contributed by atoms with Gasteiger partial charge in [-0.15, -0.1) is 0 Å². The molecule has 1 aromatic heterocycles. The van der Waals surface area contributed by atoms with E-state index in [9.17, 15) is 14.4 Å². The molecule has 1 fully saturated rings. The van der Waals surface area contributed by atoms with Gasteiger partial charge in [-0.05, 0) is 25.8 Å². The Kier molecular flexibility index (Phi) is 6.01. The Bertz CT molecular complexity index is 855. The molecule has 0 aliphatic carbocycles. The summed E-state index contributed by atoms with van der Waals surface area (Å²) in [5, 5.41) is 0.997. The second-order valence-corrected chi connectivity index (χ2v) is 6.72. The van der Waals surface area contributed by atoms with Crippen molar-refractivity contribution in [3.05, 3.63) is 35.0 Å². The molecule has 1 aliphatic heterocycles. The Morgan fingerprint density at radius 1 is 1.19 bits per heavy atom. The van der Waals surface area contributed by atoms with Gasteiger partial charge in [0.1, 0.15) is 5.69 Å². The van der Waals surface area contributed by atoms with Crippen molar-refractivity contribution in [3.8, 4) is 0 Å². The van der Waals surface area contributed by atoms with Crippen molar-refractivity contribution in [1.29, 1.82) is 0 Å². The van der Waals surface area contributed by atoms with Crippen LogP contribution in [0.5, 0.6) is 0 Å². The molecule has 1 saturated heterocycles. The van der Waals surface area contributed by atoms with Gasteiger partial charge in [-0.3, -0.25) is 9.59 Å². The second kappa shape index (κ2) is 8.43. The van der Waals surface area contributed by atoms with Gasteiger partial charge < -0.3 is 19.4 Å². The third kappa shape index (κ3) is 4.24. The highest BCUT2D eigenvalue weighted by molar-refractivity contribution is 6.38. The van der Waals surface area contributed by atoms with Crippen LogP contribution < -0.4 is 0 Å². The third-order valence-corrected chi connectivity index (χ3v) is 5.03. The number of H-pyrrole nitrogens is 1. The average Bonchev–Trinajstić information content (AvgIpc) is 3.03. The van der Waals surface area contributed by atoms with Crippen LogP contribution in [0, 0.1) is 5.92 Å². The molecule has 1 amide bonds.